The number of hydrogen-bond donors (Lipinski definition) is 0. The van der Waals surface area contributed by atoms with Crippen LogP contribution < -0.4 is 0 Å². The molecule has 1 atom stereocenters. The van der Waals surface area contributed by atoms with Gasteiger partial charge in [0.05, 0.1) is 23.9 Å². The summed E-state index contributed by atoms with van der Waals surface area (Å²) in [4.78, 5) is 31.7. The summed E-state index contributed by atoms with van der Waals surface area (Å²) in [6, 6.07) is 12.3. The molecule has 6 heteroatoms. The van der Waals surface area contributed by atoms with Crippen LogP contribution in [0.5, 0.6) is 0 Å². The number of piperidine rings is 1. The molecule has 1 aliphatic heterocycles. The molecule has 2 aromatic heterocycles. The molecule has 0 radical (unpaired) electrons. The number of aryl methyl sites for hydroxylation is 2. The fourth-order valence-corrected chi connectivity index (χ4v) is 4.13. The molecule has 3 heterocycles. The Morgan fingerprint density at radius 3 is 2.69 bits per heavy atom. The van der Waals surface area contributed by atoms with Gasteiger partial charge in [0.2, 0.25) is 5.91 Å². The van der Waals surface area contributed by atoms with E-state index in [9.17, 15) is 9.59 Å². The van der Waals surface area contributed by atoms with Crippen molar-refractivity contribution in [3.8, 4) is 11.3 Å². The van der Waals surface area contributed by atoms with Crippen LogP contribution in [0, 0.1) is 19.8 Å². The first kappa shape index (κ1) is 21.8. The minimum atomic E-state index is -0.247. The fraction of sp³-hybridized carbons (Fsp3) is 0.346. The van der Waals surface area contributed by atoms with Crippen LogP contribution in [0.3, 0.4) is 0 Å². The van der Waals surface area contributed by atoms with Crippen LogP contribution in [0.1, 0.15) is 36.6 Å². The molecule has 1 aromatic carbocycles. The second-order valence-corrected chi connectivity index (χ2v) is 8.35. The molecule has 166 valence electrons. The first-order valence-electron chi connectivity index (χ1n) is 11.2. The van der Waals surface area contributed by atoms with E-state index in [4.69, 9.17) is 9.72 Å². The summed E-state index contributed by atoms with van der Waals surface area (Å²) < 4.78 is 7.16. The van der Waals surface area contributed by atoms with Crippen molar-refractivity contribution >= 4 is 23.6 Å². The third kappa shape index (κ3) is 4.59. The van der Waals surface area contributed by atoms with Crippen molar-refractivity contribution < 1.29 is 14.3 Å². The van der Waals surface area contributed by atoms with Gasteiger partial charge in [0.25, 0.3) is 0 Å². The van der Waals surface area contributed by atoms with Crippen molar-refractivity contribution in [2.24, 2.45) is 5.92 Å². The number of ether oxygens (including phenoxy) is 1. The van der Waals surface area contributed by atoms with Crippen molar-refractivity contribution in [1.29, 1.82) is 0 Å². The topological polar surface area (TPSA) is 63.9 Å². The van der Waals surface area contributed by atoms with Crippen LogP contribution in [-0.4, -0.2) is 45.9 Å². The molecule has 0 spiro atoms. The zero-order chi connectivity index (χ0) is 22.7. The number of carbonyl (C=O) groups is 2. The predicted octanol–water partition coefficient (Wildman–Crippen LogP) is 4.43. The molecular formula is C26H29N3O3. The van der Waals surface area contributed by atoms with Crippen LogP contribution in [0.15, 0.2) is 48.7 Å². The zero-order valence-electron chi connectivity index (χ0n) is 18.9. The number of nitrogens with zero attached hydrogens (tertiary/aromatic N) is 3. The first-order valence-corrected chi connectivity index (χ1v) is 11.2. The Morgan fingerprint density at radius 1 is 1.16 bits per heavy atom. The lowest BCUT2D eigenvalue weighted by Crippen LogP contribution is -2.42. The summed E-state index contributed by atoms with van der Waals surface area (Å²) in [5, 5.41) is 0. The van der Waals surface area contributed by atoms with E-state index in [1.165, 1.54) is 5.56 Å². The summed E-state index contributed by atoms with van der Waals surface area (Å²) in [5.41, 5.74) is 5.85. The van der Waals surface area contributed by atoms with E-state index in [1.807, 2.05) is 35.7 Å². The highest BCUT2D eigenvalue weighted by Gasteiger charge is 2.28. The van der Waals surface area contributed by atoms with Gasteiger partial charge in [-0.25, -0.2) is 4.98 Å². The Kier molecular flexibility index (Phi) is 6.40. The molecule has 1 amide bonds. The van der Waals surface area contributed by atoms with Crippen LogP contribution >= 0.6 is 0 Å². The van der Waals surface area contributed by atoms with Crippen molar-refractivity contribution in [2.45, 2.75) is 33.6 Å². The predicted molar refractivity (Wildman–Crippen MR) is 125 cm³/mol. The van der Waals surface area contributed by atoms with Gasteiger partial charge in [-0.05, 0) is 57.4 Å². The number of amides is 1. The standard InChI is InChI=1S/C26H29N3O3/c1-4-32-26(31)21-6-5-14-28(17-21)24(30)12-11-22-25(20-9-7-18(2)8-10-20)27-23-16-19(3)13-15-29(22)23/h7-13,15-16,21H,4-6,14,17H2,1-3H3/b12-11+. The Morgan fingerprint density at radius 2 is 1.94 bits per heavy atom. The smallest absolute Gasteiger partial charge is 0.310 e. The van der Waals surface area contributed by atoms with E-state index in [1.54, 1.807) is 17.9 Å². The van der Waals surface area contributed by atoms with E-state index in [0.717, 1.165) is 41.0 Å². The molecule has 0 N–H and O–H groups in total. The Bertz CT molecular complexity index is 1160. The molecule has 3 aromatic rings. The van der Waals surface area contributed by atoms with Gasteiger partial charge in [0, 0.05) is 30.9 Å². The Labute approximate surface area is 188 Å². The second kappa shape index (κ2) is 9.39. The highest BCUT2D eigenvalue weighted by atomic mass is 16.5. The Hall–Kier alpha value is -3.41. The highest BCUT2D eigenvalue weighted by molar-refractivity contribution is 5.93. The highest BCUT2D eigenvalue weighted by Crippen LogP contribution is 2.27. The minimum absolute atomic E-state index is 0.101. The largest absolute Gasteiger partial charge is 0.466 e. The van der Waals surface area contributed by atoms with Gasteiger partial charge in [-0.15, -0.1) is 0 Å². The maximum Gasteiger partial charge on any atom is 0.310 e. The van der Waals surface area contributed by atoms with Gasteiger partial charge < -0.3 is 9.64 Å². The van der Waals surface area contributed by atoms with Crippen molar-refractivity contribution in [2.75, 3.05) is 19.7 Å². The lowest BCUT2D eigenvalue weighted by Gasteiger charge is -2.30. The van der Waals surface area contributed by atoms with Crippen LogP contribution in [-0.2, 0) is 14.3 Å². The molecule has 1 unspecified atom stereocenters. The third-order valence-electron chi connectivity index (χ3n) is 5.88. The van der Waals surface area contributed by atoms with E-state index in [2.05, 4.69) is 31.2 Å². The molecule has 0 bridgehead atoms. The number of hydrogen-bond acceptors (Lipinski definition) is 4. The van der Waals surface area contributed by atoms with Crippen molar-refractivity contribution in [3.05, 3.63) is 65.5 Å². The van der Waals surface area contributed by atoms with Crippen LogP contribution in [0.2, 0.25) is 0 Å². The number of imidazole rings is 1. The fourth-order valence-electron chi connectivity index (χ4n) is 4.13. The molecule has 1 saturated heterocycles. The SMILES string of the molecule is CCOC(=O)C1CCCN(C(=O)/C=C/c2c(-c3ccc(C)cc3)nc3cc(C)ccn23)C1. The molecular weight excluding hydrogens is 402 g/mol. The summed E-state index contributed by atoms with van der Waals surface area (Å²) in [6.07, 6.45) is 6.97. The second-order valence-electron chi connectivity index (χ2n) is 8.35. The van der Waals surface area contributed by atoms with E-state index >= 15 is 0 Å². The molecule has 1 aliphatic rings. The number of carbonyl (C=O) groups excluding carboxylic acids is 2. The first-order chi connectivity index (χ1) is 15.5. The Balaban J connectivity index is 1.63. The molecule has 32 heavy (non-hydrogen) atoms. The molecule has 6 nitrogen and oxygen atoms in total. The van der Waals surface area contributed by atoms with Gasteiger partial charge in [-0.1, -0.05) is 29.8 Å². The summed E-state index contributed by atoms with van der Waals surface area (Å²) in [6.45, 7) is 7.30. The maximum atomic E-state index is 13.0. The molecule has 4 rings (SSSR count). The number of benzene rings is 1. The number of esters is 1. The summed E-state index contributed by atoms with van der Waals surface area (Å²) >= 11 is 0. The lowest BCUT2D eigenvalue weighted by molar-refractivity contribution is -0.150. The van der Waals surface area contributed by atoms with E-state index in [0.29, 0.717) is 19.7 Å². The van der Waals surface area contributed by atoms with Gasteiger partial charge in [-0.2, -0.15) is 0 Å². The maximum absolute atomic E-state index is 13.0. The third-order valence-corrected chi connectivity index (χ3v) is 5.88. The van der Waals surface area contributed by atoms with Crippen molar-refractivity contribution in [1.82, 2.24) is 14.3 Å². The summed E-state index contributed by atoms with van der Waals surface area (Å²) in [7, 11) is 0. The lowest BCUT2D eigenvalue weighted by atomic mass is 9.98. The molecule has 1 fully saturated rings. The monoisotopic (exact) mass is 431 g/mol. The zero-order valence-corrected chi connectivity index (χ0v) is 18.9. The van der Waals surface area contributed by atoms with Crippen LogP contribution in [0.25, 0.3) is 23.0 Å². The number of fused-ring (bicyclic) bond motifs is 1. The van der Waals surface area contributed by atoms with E-state index in [-0.39, 0.29) is 17.8 Å². The van der Waals surface area contributed by atoms with Gasteiger partial charge >= 0.3 is 5.97 Å². The number of aromatic nitrogens is 2. The molecule has 0 saturated carbocycles. The van der Waals surface area contributed by atoms with Gasteiger partial charge in [0.15, 0.2) is 0 Å². The minimum Gasteiger partial charge on any atom is -0.466 e. The van der Waals surface area contributed by atoms with Crippen molar-refractivity contribution in [3.63, 3.8) is 0 Å². The average molecular weight is 432 g/mol. The number of rotatable bonds is 5. The molecule has 0 aliphatic carbocycles. The quantitative estimate of drug-likeness (QED) is 0.443. The summed E-state index contributed by atoms with van der Waals surface area (Å²) in [5.74, 6) is -0.563. The normalized spacial score (nSPS) is 16.6. The van der Waals surface area contributed by atoms with E-state index < -0.39 is 0 Å². The van der Waals surface area contributed by atoms with Gasteiger partial charge in [-0.3, -0.25) is 14.0 Å². The van der Waals surface area contributed by atoms with Crippen LogP contribution in [0.4, 0.5) is 0 Å². The average Bonchev–Trinajstić information content (AvgIpc) is 3.15. The number of likely N-dealkylation sites (tertiary alicyclic amines) is 1. The van der Waals surface area contributed by atoms with Gasteiger partial charge in [0.1, 0.15) is 5.65 Å². The number of pyridine rings is 1.